The van der Waals surface area contributed by atoms with Gasteiger partial charge in [-0.1, -0.05) is 13.3 Å². The van der Waals surface area contributed by atoms with Crippen LogP contribution in [0.15, 0.2) is 0 Å². The summed E-state index contributed by atoms with van der Waals surface area (Å²) in [5.41, 5.74) is 0. The normalized spacial score (nSPS) is 14.5. The zero-order chi connectivity index (χ0) is 13.9. The summed E-state index contributed by atoms with van der Waals surface area (Å²) in [7, 11) is 0. The van der Waals surface area contributed by atoms with Crippen LogP contribution in [0.2, 0.25) is 0 Å². The molecule has 0 spiro atoms. The minimum absolute atomic E-state index is 0.234. The van der Waals surface area contributed by atoms with Gasteiger partial charge in [-0.2, -0.15) is 0 Å². The van der Waals surface area contributed by atoms with Crippen molar-refractivity contribution in [3.8, 4) is 0 Å². The maximum absolute atomic E-state index is 11.5. The van der Waals surface area contributed by atoms with Gasteiger partial charge in [0.15, 0.2) is 0 Å². The van der Waals surface area contributed by atoms with Gasteiger partial charge in [0.25, 0.3) is 0 Å². The first-order valence-electron chi connectivity index (χ1n) is 7.70. The number of aliphatic hydroxyl groups is 1. The molecular weight excluding hydrogens is 235 g/mol. The number of ketones is 1. The van der Waals surface area contributed by atoms with Crippen molar-refractivity contribution in [3.05, 3.63) is 0 Å². The van der Waals surface area contributed by atoms with E-state index in [9.17, 15) is 9.90 Å². The van der Waals surface area contributed by atoms with Crippen LogP contribution in [0.3, 0.4) is 0 Å². The van der Waals surface area contributed by atoms with Crippen LogP contribution >= 0.6 is 0 Å². The summed E-state index contributed by atoms with van der Waals surface area (Å²) in [6.07, 6.45) is 12.6. The van der Waals surface area contributed by atoms with E-state index in [0.29, 0.717) is 40.8 Å². The monoisotopic (exact) mass is 264 g/mol. The van der Waals surface area contributed by atoms with Gasteiger partial charge in [-0.3, -0.25) is 0 Å². The molecule has 18 heavy (non-hydrogen) atoms. The zero-order valence-electron chi connectivity index (χ0n) is 12.6. The van der Waals surface area contributed by atoms with E-state index in [1.807, 2.05) is 0 Å². The number of rotatable bonds is 12. The first-order chi connectivity index (χ1) is 8.45. The molecule has 0 aromatic rings. The van der Waals surface area contributed by atoms with Crippen LogP contribution in [0.4, 0.5) is 0 Å². The summed E-state index contributed by atoms with van der Waals surface area (Å²) < 4.78 is -0.698. The van der Waals surface area contributed by atoms with Crippen molar-refractivity contribution < 1.29 is 9.90 Å². The van der Waals surface area contributed by atoms with Gasteiger partial charge in [0, 0.05) is 0 Å². The molecule has 0 amide bonds. The average molecular weight is 264 g/mol. The summed E-state index contributed by atoms with van der Waals surface area (Å²) in [6.45, 7) is 4.00. The Morgan fingerprint density at radius 2 is 1.44 bits per heavy atom. The fourth-order valence-electron chi connectivity index (χ4n) is 2.20. The Bertz CT molecular complexity index is 209. The topological polar surface area (TPSA) is 37.3 Å². The average Bonchev–Trinajstić information content (AvgIpc) is 2.24. The molecule has 0 aliphatic carbocycles. The van der Waals surface area contributed by atoms with E-state index in [-0.39, 0.29) is 5.78 Å². The molecule has 0 bridgehead atoms. The molecule has 0 aromatic heterocycles. The molecule has 0 aliphatic rings. The Kier molecular flexibility index (Phi) is 11.9. The third-order valence-electron chi connectivity index (χ3n) is 3.19. The first-order valence-corrected chi connectivity index (χ1v) is 8.70. The standard InChI is InChI=1S/C15H29O2.Na/c1-3-4-5-6-7-8-9-10-11-12-15(17)13-14(2)16;/h16H,3-13H2,1-2H3;. The van der Waals surface area contributed by atoms with E-state index >= 15 is 0 Å². The van der Waals surface area contributed by atoms with Crippen LogP contribution in [-0.2, 0) is 4.79 Å². The van der Waals surface area contributed by atoms with Gasteiger partial charge in [-0.25, -0.2) is 0 Å². The summed E-state index contributed by atoms with van der Waals surface area (Å²) in [5.74, 6) is 0.234. The Morgan fingerprint density at radius 3 is 1.89 bits per heavy atom. The van der Waals surface area contributed by atoms with E-state index in [0.717, 1.165) is 6.42 Å². The van der Waals surface area contributed by atoms with Crippen molar-refractivity contribution >= 4 is 33.7 Å². The molecule has 1 unspecified atom stereocenters. The summed E-state index contributed by atoms with van der Waals surface area (Å²) in [5, 5.41) is 9.57. The second-order valence-corrected chi connectivity index (χ2v) is 8.26. The molecule has 1 N–H and O–H groups in total. The van der Waals surface area contributed by atoms with Gasteiger partial charge in [0.05, 0.1) is 0 Å². The van der Waals surface area contributed by atoms with E-state index < -0.39 is 2.85 Å². The number of carbonyl (C=O) groups excluding carboxylic acids is 1. The van der Waals surface area contributed by atoms with Gasteiger partial charge < -0.3 is 0 Å². The first kappa shape index (κ1) is 18.6. The molecule has 0 rings (SSSR count). The summed E-state index contributed by atoms with van der Waals surface area (Å²) in [4.78, 5) is 11.5. The van der Waals surface area contributed by atoms with Crippen molar-refractivity contribution in [1.29, 1.82) is 0 Å². The zero-order valence-corrected chi connectivity index (χ0v) is 14.6. The summed E-state index contributed by atoms with van der Waals surface area (Å²) in [6, 6.07) is 0. The molecule has 0 saturated carbocycles. The molecule has 0 aliphatic heterocycles. The number of Topliss-reactive ketones (excluding diaryl/α,β-unsaturated/α-hetero) is 1. The second-order valence-electron chi connectivity index (χ2n) is 6.11. The van der Waals surface area contributed by atoms with Gasteiger partial charge in [0.1, 0.15) is 0 Å². The molecule has 2 nitrogen and oxygen atoms in total. The molecule has 102 valence electrons. The fourth-order valence-corrected chi connectivity index (χ4v) is 2.60. The van der Waals surface area contributed by atoms with E-state index in [2.05, 4.69) is 6.92 Å². The molecule has 1 atom stereocenters. The fraction of sp³-hybridized carbons (Fsp3) is 0.933. The van der Waals surface area contributed by atoms with Crippen molar-refractivity contribution in [2.45, 2.75) is 87.3 Å². The van der Waals surface area contributed by atoms with Crippen LogP contribution in [-0.4, -0.2) is 41.7 Å². The number of hydrogen-bond acceptors (Lipinski definition) is 2. The minimum atomic E-state index is -0.698. The number of unbranched alkanes of at least 4 members (excludes halogenated alkanes) is 8. The van der Waals surface area contributed by atoms with Crippen molar-refractivity contribution in [3.63, 3.8) is 0 Å². The molecule has 0 aromatic carbocycles. The number of carbonyl (C=O) groups is 1. The molecule has 0 fully saturated rings. The Morgan fingerprint density at radius 1 is 1.00 bits per heavy atom. The van der Waals surface area contributed by atoms with E-state index in [1.165, 1.54) is 51.4 Å². The Labute approximate surface area is 130 Å². The van der Waals surface area contributed by atoms with E-state index in [1.54, 1.807) is 6.92 Å². The van der Waals surface area contributed by atoms with Crippen LogP contribution in [0.1, 0.15) is 84.5 Å². The molecule has 0 radical (unpaired) electrons. The third kappa shape index (κ3) is 14.7. The predicted molar refractivity (Wildman–Crippen MR) is 77.8 cm³/mol. The number of hydrogen-bond donors (Lipinski definition) is 1. The Balaban J connectivity index is 3.23. The van der Waals surface area contributed by atoms with Crippen molar-refractivity contribution in [2.75, 3.05) is 0 Å². The van der Waals surface area contributed by atoms with Crippen molar-refractivity contribution in [1.82, 2.24) is 0 Å². The van der Waals surface area contributed by atoms with E-state index in [4.69, 9.17) is 0 Å². The second kappa shape index (κ2) is 11.5. The van der Waals surface area contributed by atoms with Crippen molar-refractivity contribution in [2.24, 2.45) is 0 Å². The van der Waals surface area contributed by atoms with Gasteiger partial charge >= 0.3 is 118 Å². The third-order valence-corrected chi connectivity index (χ3v) is 3.54. The van der Waals surface area contributed by atoms with Gasteiger partial charge in [-0.15, -0.1) is 0 Å². The molecular formula is C15H29NaO2. The quantitative estimate of drug-likeness (QED) is 0.430. The molecule has 0 saturated heterocycles. The van der Waals surface area contributed by atoms with Crippen LogP contribution in [0, 0.1) is 0 Å². The molecule has 3 heteroatoms. The van der Waals surface area contributed by atoms with Gasteiger partial charge in [0.2, 0.25) is 0 Å². The SMILES string of the molecule is CCCCCCCCCCCC(=O)C[C](C)(O)[Na]. The van der Waals surface area contributed by atoms with Crippen LogP contribution < -0.4 is 0 Å². The Hall–Kier alpha value is 0.630. The van der Waals surface area contributed by atoms with Crippen LogP contribution in [0.5, 0.6) is 0 Å². The predicted octanol–water partition coefficient (Wildman–Crippen LogP) is 3.74. The van der Waals surface area contributed by atoms with Gasteiger partial charge in [-0.05, 0) is 0 Å². The van der Waals surface area contributed by atoms with Crippen LogP contribution in [0.25, 0.3) is 0 Å². The molecule has 0 heterocycles. The maximum atomic E-state index is 11.5. The summed E-state index contributed by atoms with van der Waals surface area (Å²) >= 11 is 0.672.